The summed E-state index contributed by atoms with van der Waals surface area (Å²) in [6.07, 6.45) is 1.81. The van der Waals surface area contributed by atoms with Crippen LogP contribution in [0, 0.1) is 19.8 Å². The largest absolute Gasteiger partial charge is 0.294 e. The molecule has 1 aromatic heterocycles. The third kappa shape index (κ3) is 2.11. The minimum atomic E-state index is 0.145. The SMILES string of the molecule is CCC(CC)C(=O)c1c(C)nn(C)c1C. The predicted molar refractivity (Wildman–Crippen MR) is 61.1 cm³/mol. The quantitative estimate of drug-likeness (QED) is 0.713. The lowest BCUT2D eigenvalue weighted by Gasteiger charge is -2.10. The molecule has 3 nitrogen and oxygen atoms in total. The lowest BCUT2D eigenvalue weighted by atomic mass is 9.92. The minimum Gasteiger partial charge on any atom is -0.294 e. The van der Waals surface area contributed by atoms with E-state index >= 15 is 0 Å². The van der Waals surface area contributed by atoms with Crippen LogP contribution < -0.4 is 0 Å². The van der Waals surface area contributed by atoms with Gasteiger partial charge in [-0.05, 0) is 26.7 Å². The molecule has 0 spiro atoms. The molecule has 3 heteroatoms. The first-order valence-corrected chi connectivity index (χ1v) is 5.57. The molecule has 0 bridgehead atoms. The standard InChI is InChI=1S/C12H20N2O/c1-6-10(7-2)12(15)11-8(3)13-14(5)9(11)4/h10H,6-7H2,1-5H3. The van der Waals surface area contributed by atoms with Gasteiger partial charge in [-0.15, -0.1) is 0 Å². The zero-order chi connectivity index (χ0) is 11.6. The number of carbonyl (C=O) groups excluding carboxylic acids is 1. The average molecular weight is 208 g/mol. The Morgan fingerprint density at radius 3 is 2.20 bits per heavy atom. The summed E-state index contributed by atoms with van der Waals surface area (Å²) in [5.41, 5.74) is 2.66. The Labute approximate surface area is 91.5 Å². The molecule has 0 atom stereocenters. The predicted octanol–water partition coefficient (Wildman–Crippen LogP) is 2.66. The molecule has 0 radical (unpaired) electrons. The van der Waals surface area contributed by atoms with Gasteiger partial charge in [-0.25, -0.2) is 0 Å². The van der Waals surface area contributed by atoms with Gasteiger partial charge in [0.25, 0.3) is 0 Å². The first-order valence-electron chi connectivity index (χ1n) is 5.57. The second kappa shape index (κ2) is 4.60. The fourth-order valence-electron chi connectivity index (χ4n) is 1.99. The van der Waals surface area contributed by atoms with Crippen molar-refractivity contribution in [3.8, 4) is 0 Å². The van der Waals surface area contributed by atoms with Crippen molar-refractivity contribution in [2.75, 3.05) is 0 Å². The van der Waals surface area contributed by atoms with Gasteiger partial charge in [-0.2, -0.15) is 5.10 Å². The molecule has 1 heterocycles. The topological polar surface area (TPSA) is 34.9 Å². The summed E-state index contributed by atoms with van der Waals surface area (Å²) in [6, 6.07) is 0. The zero-order valence-corrected chi connectivity index (χ0v) is 10.3. The number of ketones is 1. The van der Waals surface area contributed by atoms with Crippen LogP contribution in [0.4, 0.5) is 0 Å². The van der Waals surface area contributed by atoms with E-state index in [-0.39, 0.29) is 11.7 Å². The van der Waals surface area contributed by atoms with Crippen molar-refractivity contribution in [2.24, 2.45) is 13.0 Å². The first kappa shape index (κ1) is 12.0. The molecule has 0 aliphatic carbocycles. The van der Waals surface area contributed by atoms with Crippen molar-refractivity contribution in [2.45, 2.75) is 40.5 Å². The highest BCUT2D eigenvalue weighted by molar-refractivity contribution is 5.99. The maximum atomic E-state index is 12.2. The number of hydrogen-bond donors (Lipinski definition) is 0. The van der Waals surface area contributed by atoms with E-state index in [9.17, 15) is 4.79 Å². The lowest BCUT2D eigenvalue weighted by molar-refractivity contribution is 0.0912. The van der Waals surface area contributed by atoms with Gasteiger partial charge in [0, 0.05) is 18.7 Å². The molecule has 0 fully saturated rings. The molecule has 1 aromatic rings. The van der Waals surface area contributed by atoms with Gasteiger partial charge < -0.3 is 0 Å². The summed E-state index contributed by atoms with van der Waals surface area (Å²) in [6.45, 7) is 7.98. The summed E-state index contributed by atoms with van der Waals surface area (Å²) >= 11 is 0. The van der Waals surface area contributed by atoms with Gasteiger partial charge in [0.05, 0.1) is 11.3 Å². The van der Waals surface area contributed by atoms with E-state index in [4.69, 9.17) is 0 Å². The molecule has 0 unspecified atom stereocenters. The summed E-state index contributed by atoms with van der Waals surface area (Å²) in [4.78, 5) is 12.2. The summed E-state index contributed by atoms with van der Waals surface area (Å²) in [5.74, 6) is 0.398. The van der Waals surface area contributed by atoms with E-state index < -0.39 is 0 Å². The van der Waals surface area contributed by atoms with Crippen LogP contribution in [-0.4, -0.2) is 15.6 Å². The van der Waals surface area contributed by atoms with Crippen LogP contribution in [0.1, 0.15) is 48.4 Å². The molecule has 0 aromatic carbocycles. The van der Waals surface area contributed by atoms with E-state index in [0.717, 1.165) is 29.8 Å². The van der Waals surface area contributed by atoms with Crippen LogP contribution in [-0.2, 0) is 7.05 Å². The second-order valence-corrected chi connectivity index (χ2v) is 4.05. The van der Waals surface area contributed by atoms with Crippen molar-refractivity contribution >= 4 is 5.78 Å². The van der Waals surface area contributed by atoms with E-state index in [1.807, 2.05) is 20.9 Å². The Hall–Kier alpha value is -1.12. The van der Waals surface area contributed by atoms with Crippen molar-refractivity contribution < 1.29 is 4.79 Å². The van der Waals surface area contributed by atoms with Crippen LogP contribution in [0.15, 0.2) is 0 Å². The second-order valence-electron chi connectivity index (χ2n) is 4.05. The Bertz CT molecular complexity index is 362. The molecular formula is C12H20N2O. The minimum absolute atomic E-state index is 0.145. The summed E-state index contributed by atoms with van der Waals surface area (Å²) < 4.78 is 1.78. The van der Waals surface area contributed by atoms with Gasteiger partial charge in [0.2, 0.25) is 0 Å². The average Bonchev–Trinajstić information content (AvgIpc) is 2.43. The van der Waals surface area contributed by atoms with Crippen molar-refractivity contribution in [3.63, 3.8) is 0 Å². The van der Waals surface area contributed by atoms with Gasteiger partial charge in [0.1, 0.15) is 0 Å². The highest BCUT2D eigenvalue weighted by atomic mass is 16.1. The first-order chi connectivity index (χ1) is 7.02. The molecule has 0 aliphatic heterocycles. The van der Waals surface area contributed by atoms with Gasteiger partial charge in [0.15, 0.2) is 5.78 Å². The van der Waals surface area contributed by atoms with Crippen LogP contribution in [0.2, 0.25) is 0 Å². The molecule has 0 aliphatic rings. The Balaban J connectivity index is 3.10. The summed E-state index contributed by atoms with van der Waals surface area (Å²) in [7, 11) is 1.88. The molecule has 84 valence electrons. The van der Waals surface area contributed by atoms with Crippen molar-refractivity contribution in [1.29, 1.82) is 0 Å². The van der Waals surface area contributed by atoms with Gasteiger partial charge >= 0.3 is 0 Å². The fourth-order valence-corrected chi connectivity index (χ4v) is 1.99. The Morgan fingerprint density at radius 2 is 1.87 bits per heavy atom. The molecule has 15 heavy (non-hydrogen) atoms. The third-order valence-corrected chi connectivity index (χ3v) is 3.11. The number of nitrogens with zero attached hydrogens (tertiary/aromatic N) is 2. The van der Waals surface area contributed by atoms with E-state index in [1.165, 1.54) is 0 Å². The number of Topliss-reactive ketones (excluding diaryl/α,β-unsaturated/α-hetero) is 1. The number of hydrogen-bond acceptors (Lipinski definition) is 2. The molecule has 0 saturated heterocycles. The van der Waals surface area contributed by atoms with Crippen molar-refractivity contribution in [1.82, 2.24) is 9.78 Å². The number of carbonyl (C=O) groups is 1. The Kier molecular flexibility index (Phi) is 3.66. The lowest BCUT2D eigenvalue weighted by Crippen LogP contribution is -2.14. The normalized spacial score (nSPS) is 11.1. The van der Waals surface area contributed by atoms with Crippen LogP contribution in [0.25, 0.3) is 0 Å². The Morgan fingerprint density at radius 1 is 1.33 bits per heavy atom. The van der Waals surface area contributed by atoms with E-state index in [0.29, 0.717) is 0 Å². The van der Waals surface area contributed by atoms with Crippen LogP contribution >= 0.6 is 0 Å². The van der Waals surface area contributed by atoms with Gasteiger partial charge in [-0.1, -0.05) is 13.8 Å². The third-order valence-electron chi connectivity index (χ3n) is 3.11. The van der Waals surface area contributed by atoms with Crippen LogP contribution in [0.3, 0.4) is 0 Å². The molecule has 0 amide bonds. The molecule has 0 saturated carbocycles. The molecule has 1 rings (SSSR count). The highest BCUT2D eigenvalue weighted by Gasteiger charge is 2.22. The van der Waals surface area contributed by atoms with Gasteiger partial charge in [-0.3, -0.25) is 9.48 Å². The molecule has 0 N–H and O–H groups in total. The number of aromatic nitrogens is 2. The number of rotatable bonds is 4. The number of aryl methyl sites for hydroxylation is 2. The van der Waals surface area contributed by atoms with Crippen LogP contribution in [0.5, 0.6) is 0 Å². The van der Waals surface area contributed by atoms with E-state index in [1.54, 1.807) is 4.68 Å². The fraction of sp³-hybridized carbons (Fsp3) is 0.667. The van der Waals surface area contributed by atoms with E-state index in [2.05, 4.69) is 18.9 Å². The van der Waals surface area contributed by atoms with Crippen molar-refractivity contribution in [3.05, 3.63) is 17.0 Å². The highest BCUT2D eigenvalue weighted by Crippen LogP contribution is 2.20. The summed E-state index contributed by atoms with van der Waals surface area (Å²) in [5, 5.41) is 4.28. The maximum Gasteiger partial charge on any atom is 0.169 e. The zero-order valence-electron chi connectivity index (χ0n) is 10.3. The monoisotopic (exact) mass is 208 g/mol. The smallest absolute Gasteiger partial charge is 0.169 e. The maximum absolute atomic E-state index is 12.2. The molecular weight excluding hydrogens is 188 g/mol.